The molecule has 0 saturated heterocycles. The quantitative estimate of drug-likeness (QED) is 0.876. The predicted octanol–water partition coefficient (Wildman–Crippen LogP) is 4.57. The lowest BCUT2D eigenvalue weighted by molar-refractivity contribution is 0.0733. The van der Waals surface area contributed by atoms with Crippen LogP contribution in [0.3, 0.4) is 0 Å². The van der Waals surface area contributed by atoms with Crippen LogP contribution in [0.1, 0.15) is 59.9 Å². The van der Waals surface area contributed by atoms with E-state index in [0.717, 1.165) is 25.0 Å². The van der Waals surface area contributed by atoms with E-state index < -0.39 is 0 Å². The van der Waals surface area contributed by atoms with Gasteiger partial charge in [0.25, 0.3) is 0 Å². The van der Waals surface area contributed by atoms with Crippen molar-refractivity contribution in [1.29, 1.82) is 0 Å². The lowest BCUT2D eigenvalue weighted by Crippen LogP contribution is -2.53. The van der Waals surface area contributed by atoms with E-state index >= 15 is 0 Å². The summed E-state index contributed by atoms with van der Waals surface area (Å²) < 4.78 is 6.11. The van der Waals surface area contributed by atoms with Gasteiger partial charge in [-0.3, -0.25) is 0 Å². The molecule has 1 fully saturated rings. The third-order valence-corrected chi connectivity index (χ3v) is 3.67. The van der Waals surface area contributed by atoms with Crippen LogP contribution >= 0.6 is 0 Å². The predicted molar refractivity (Wildman–Crippen MR) is 89.9 cm³/mol. The fraction of sp³-hybridized carbons (Fsp3) is 0.684. The third-order valence-electron chi connectivity index (χ3n) is 3.67. The molecule has 1 aliphatic rings. The van der Waals surface area contributed by atoms with Gasteiger partial charge in [-0.15, -0.1) is 0 Å². The molecule has 0 unspecified atom stereocenters. The smallest absolute Gasteiger partial charge is 0.119 e. The topological polar surface area (TPSA) is 21.3 Å². The maximum atomic E-state index is 6.11. The minimum absolute atomic E-state index is 0.197. The lowest BCUT2D eigenvalue weighted by atomic mass is 9.87. The molecular weight excluding hydrogens is 258 g/mol. The maximum absolute atomic E-state index is 6.11. The van der Waals surface area contributed by atoms with Crippen molar-refractivity contribution in [3.05, 3.63) is 29.8 Å². The van der Waals surface area contributed by atoms with Gasteiger partial charge in [0.1, 0.15) is 11.9 Å². The van der Waals surface area contributed by atoms with Crippen LogP contribution in [0.2, 0.25) is 0 Å². The third kappa shape index (κ3) is 5.70. The molecule has 0 spiro atoms. The van der Waals surface area contributed by atoms with Gasteiger partial charge in [-0.25, -0.2) is 0 Å². The van der Waals surface area contributed by atoms with Crippen molar-refractivity contribution in [3.63, 3.8) is 0 Å². The Morgan fingerprint density at radius 1 is 1.10 bits per heavy atom. The second-order valence-corrected chi connectivity index (χ2v) is 8.69. The SMILES string of the molecule is CC(C)(C)Cc1cccc(O[C@H]2C[C@H](NC(C)(C)C)C2)c1. The summed E-state index contributed by atoms with van der Waals surface area (Å²) in [6.45, 7) is 13.5. The average molecular weight is 289 g/mol. The van der Waals surface area contributed by atoms with Crippen LogP contribution in [0.25, 0.3) is 0 Å². The normalized spacial score (nSPS) is 22.8. The molecule has 1 saturated carbocycles. The summed E-state index contributed by atoms with van der Waals surface area (Å²) in [5.41, 5.74) is 1.88. The summed E-state index contributed by atoms with van der Waals surface area (Å²) in [6.07, 6.45) is 3.68. The number of benzene rings is 1. The van der Waals surface area contributed by atoms with Crippen LogP contribution in [0.15, 0.2) is 24.3 Å². The number of hydrogen-bond acceptors (Lipinski definition) is 2. The van der Waals surface area contributed by atoms with E-state index in [2.05, 4.69) is 71.1 Å². The van der Waals surface area contributed by atoms with E-state index in [-0.39, 0.29) is 5.54 Å². The highest BCUT2D eigenvalue weighted by molar-refractivity contribution is 5.29. The van der Waals surface area contributed by atoms with Gasteiger partial charge >= 0.3 is 0 Å². The zero-order chi connectivity index (χ0) is 15.7. The van der Waals surface area contributed by atoms with Crippen molar-refractivity contribution in [2.75, 3.05) is 0 Å². The Hall–Kier alpha value is -1.02. The lowest BCUT2D eigenvalue weighted by Gasteiger charge is -2.40. The average Bonchev–Trinajstić information content (AvgIpc) is 2.22. The summed E-state index contributed by atoms with van der Waals surface area (Å²) in [4.78, 5) is 0. The molecule has 1 aromatic rings. The number of nitrogens with one attached hydrogen (secondary N) is 1. The highest BCUT2D eigenvalue weighted by Crippen LogP contribution is 2.29. The molecule has 0 radical (unpaired) electrons. The first-order chi connectivity index (χ1) is 9.61. The van der Waals surface area contributed by atoms with Crippen LogP contribution in [-0.4, -0.2) is 17.7 Å². The minimum atomic E-state index is 0.197. The molecule has 1 aliphatic carbocycles. The standard InChI is InChI=1S/C19H31NO/c1-18(2,3)13-14-8-7-9-16(10-14)21-17-11-15(12-17)20-19(4,5)6/h7-10,15,17,20H,11-13H2,1-6H3/t15-,17-. The van der Waals surface area contributed by atoms with E-state index in [1.807, 2.05) is 0 Å². The van der Waals surface area contributed by atoms with Crippen molar-refractivity contribution >= 4 is 0 Å². The number of ether oxygens (including phenoxy) is 1. The van der Waals surface area contributed by atoms with Crippen molar-refractivity contribution in [3.8, 4) is 5.75 Å². The number of rotatable bonds is 4. The Morgan fingerprint density at radius 3 is 2.33 bits per heavy atom. The summed E-state index contributed by atoms with van der Waals surface area (Å²) in [5.74, 6) is 1.02. The molecule has 0 heterocycles. The van der Waals surface area contributed by atoms with Crippen molar-refractivity contribution < 1.29 is 4.74 Å². The van der Waals surface area contributed by atoms with Crippen LogP contribution in [0.5, 0.6) is 5.75 Å². The van der Waals surface area contributed by atoms with Crippen molar-refractivity contribution in [2.45, 2.75) is 78.5 Å². The molecule has 0 aliphatic heterocycles. The van der Waals surface area contributed by atoms with E-state index in [4.69, 9.17) is 4.74 Å². The molecule has 0 amide bonds. The van der Waals surface area contributed by atoms with E-state index in [1.165, 1.54) is 5.56 Å². The van der Waals surface area contributed by atoms with E-state index in [9.17, 15) is 0 Å². The van der Waals surface area contributed by atoms with Gasteiger partial charge in [-0.05, 0) is 63.1 Å². The molecule has 2 rings (SSSR count). The van der Waals surface area contributed by atoms with Crippen LogP contribution < -0.4 is 10.1 Å². The first-order valence-electron chi connectivity index (χ1n) is 8.14. The monoisotopic (exact) mass is 289 g/mol. The van der Waals surface area contributed by atoms with Gasteiger partial charge in [0.05, 0.1) is 0 Å². The molecule has 0 atom stereocenters. The highest BCUT2D eigenvalue weighted by Gasteiger charge is 2.33. The Morgan fingerprint density at radius 2 is 1.76 bits per heavy atom. The Labute approximate surface area is 130 Å². The molecule has 1 N–H and O–H groups in total. The molecule has 2 nitrogen and oxygen atoms in total. The summed E-state index contributed by atoms with van der Waals surface area (Å²) in [7, 11) is 0. The van der Waals surface area contributed by atoms with E-state index in [1.54, 1.807) is 0 Å². The maximum Gasteiger partial charge on any atom is 0.119 e. The molecule has 21 heavy (non-hydrogen) atoms. The highest BCUT2D eigenvalue weighted by atomic mass is 16.5. The van der Waals surface area contributed by atoms with Gasteiger partial charge in [-0.2, -0.15) is 0 Å². The zero-order valence-electron chi connectivity index (χ0n) is 14.5. The molecule has 1 aromatic carbocycles. The fourth-order valence-corrected chi connectivity index (χ4v) is 2.93. The number of hydrogen-bond donors (Lipinski definition) is 1. The van der Waals surface area contributed by atoms with Gasteiger partial charge in [0.15, 0.2) is 0 Å². The second kappa shape index (κ2) is 6.00. The van der Waals surface area contributed by atoms with Gasteiger partial charge < -0.3 is 10.1 Å². The summed E-state index contributed by atoms with van der Waals surface area (Å²) in [5, 5.41) is 3.63. The summed E-state index contributed by atoms with van der Waals surface area (Å²) >= 11 is 0. The van der Waals surface area contributed by atoms with Crippen LogP contribution in [0.4, 0.5) is 0 Å². The molecule has 0 aromatic heterocycles. The fourth-order valence-electron chi connectivity index (χ4n) is 2.93. The first-order valence-corrected chi connectivity index (χ1v) is 8.14. The molecule has 118 valence electrons. The molecule has 2 heteroatoms. The van der Waals surface area contributed by atoms with Gasteiger partial charge in [0.2, 0.25) is 0 Å². The Balaban J connectivity index is 1.84. The molecule has 0 bridgehead atoms. The van der Waals surface area contributed by atoms with Gasteiger partial charge in [0, 0.05) is 11.6 Å². The first kappa shape index (κ1) is 16.4. The van der Waals surface area contributed by atoms with E-state index in [0.29, 0.717) is 17.6 Å². The molecular formula is C19H31NO. The Kier molecular flexibility index (Phi) is 4.67. The van der Waals surface area contributed by atoms with Crippen molar-refractivity contribution in [1.82, 2.24) is 5.32 Å². The Bertz CT molecular complexity index is 461. The largest absolute Gasteiger partial charge is 0.490 e. The minimum Gasteiger partial charge on any atom is -0.490 e. The second-order valence-electron chi connectivity index (χ2n) is 8.69. The zero-order valence-corrected chi connectivity index (χ0v) is 14.5. The van der Waals surface area contributed by atoms with Crippen LogP contribution in [0, 0.1) is 5.41 Å². The summed E-state index contributed by atoms with van der Waals surface area (Å²) in [6, 6.07) is 9.20. The van der Waals surface area contributed by atoms with Crippen molar-refractivity contribution in [2.24, 2.45) is 5.41 Å². The van der Waals surface area contributed by atoms with Gasteiger partial charge in [-0.1, -0.05) is 32.9 Å². The van der Waals surface area contributed by atoms with Crippen LogP contribution in [-0.2, 0) is 6.42 Å².